The largest absolute Gasteiger partial charge is 0.507 e. The number of hydrogen-bond donors (Lipinski definition) is 2. The van der Waals surface area contributed by atoms with E-state index in [9.17, 15) is 19.5 Å². The summed E-state index contributed by atoms with van der Waals surface area (Å²) in [6, 6.07) is 4.04. The Morgan fingerprint density at radius 1 is 1.07 bits per heavy atom. The highest BCUT2D eigenvalue weighted by Gasteiger charge is 2.28. The number of hydrogen-bond acceptors (Lipinski definition) is 10. The first kappa shape index (κ1) is 20.0. The smallest absolute Gasteiger partial charge is 0.348 e. The second-order valence-corrected chi connectivity index (χ2v) is 6.14. The summed E-state index contributed by atoms with van der Waals surface area (Å²) in [7, 11) is 3.74. The van der Waals surface area contributed by atoms with Crippen molar-refractivity contribution in [2.24, 2.45) is 0 Å². The average Bonchev–Trinajstić information content (AvgIpc) is 3.00. The molecule has 0 bridgehead atoms. The Kier molecular flexibility index (Phi) is 6.24. The first-order valence-electron chi connectivity index (χ1n) is 7.45. The lowest BCUT2D eigenvalue weighted by atomic mass is 10.1. The lowest BCUT2D eigenvalue weighted by Crippen LogP contribution is -2.13. The molecule has 9 nitrogen and oxygen atoms in total. The number of carbonyl (C=O) groups excluding carboxylic acids is 3. The highest BCUT2D eigenvalue weighted by atomic mass is 32.1. The van der Waals surface area contributed by atoms with E-state index in [-0.39, 0.29) is 32.3 Å². The van der Waals surface area contributed by atoms with Crippen LogP contribution in [-0.4, -0.2) is 44.3 Å². The number of anilines is 1. The summed E-state index contributed by atoms with van der Waals surface area (Å²) in [6.07, 6.45) is 0. The van der Waals surface area contributed by atoms with E-state index in [2.05, 4.69) is 9.47 Å². The molecular weight excluding hydrogens is 378 g/mol. The van der Waals surface area contributed by atoms with Gasteiger partial charge in [-0.2, -0.15) is 0 Å². The van der Waals surface area contributed by atoms with Crippen LogP contribution in [0.25, 0.3) is 0 Å². The second-order valence-electron chi connectivity index (χ2n) is 5.09. The van der Waals surface area contributed by atoms with Crippen molar-refractivity contribution in [2.75, 3.05) is 27.1 Å². The number of esters is 3. The summed E-state index contributed by atoms with van der Waals surface area (Å²) in [5, 5.41) is 9.94. The number of phenolic OH excluding ortho intramolecular Hbond substituents is 1. The third-order valence-corrected chi connectivity index (χ3v) is 4.61. The molecule has 1 heterocycles. The van der Waals surface area contributed by atoms with Crippen molar-refractivity contribution in [2.45, 2.75) is 6.61 Å². The minimum atomic E-state index is -0.869. The Balaban J connectivity index is 2.32. The molecule has 27 heavy (non-hydrogen) atoms. The van der Waals surface area contributed by atoms with E-state index in [4.69, 9.17) is 15.2 Å². The molecular formula is C17H17NO8S. The highest BCUT2D eigenvalue weighted by molar-refractivity contribution is 7.18. The molecule has 0 aliphatic carbocycles. The number of nitrogen functional groups attached to an aromatic ring is 1. The third-order valence-electron chi connectivity index (χ3n) is 3.57. The molecule has 1 aromatic heterocycles. The minimum absolute atomic E-state index is 0.0159. The summed E-state index contributed by atoms with van der Waals surface area (Å²) in [5.74, 6) is -2.37. The van der Waals surface area contributed by atoms with Crippen LogP contribution < -0.4 is 10.5 Å². The number of carbonyl (C=O) groups is 3. The zero-order chi connectivity index (χ0) is 20.1. The standard InChI is InChI=1S/C17H17NO8S/c1-23-8-4-5-9(11(19)6-8)15(20)26-7-10-12(16(21)24-2)14(18)27-13(10)17(22)25-3/h4-6,19H,7,18H2,1-3H3. The first-order valence-corrected chi connectivity index (χ1v) is 8.27. The number of benzene rings is 1. The Morgan fingerprint density at radius 2 is 1.74 bits per heavy atom. The van der Waals surface area contributed by atoms with E-state index in [0.29, 0.717) is 5.75 Å². The first-order chi connectivity index (χ1) is 12.8. The fraction of sp³-hybridized carbons (Fsp3) is 0.235. The van der Waals surface area contributed by atoms with Crippen molar-refractivity contribution in [3.63, 3.8) is 0 Å². The van der Waals surface area contributed by atoms with Gasteiger partial charge in [-0.25, -0.2) is 14.4 Å². The van der Waals surface area contributed by atoms with Gasteiger partial charge in [-0.1, -0.05) is 0 Å². The Labute approximate surface area is 158 Å². The fourth-order valence-electron chi connectivity index (χ4n) is 2.23. The molecule has 2 rings (SSSR count). The van der Waals surface area contributed by atoms with Crippen LogP contribution >= 0.6 is 11.3 Å². The average molecular weight is 395 g/mol. The molecule has 10 heteroatoms. The van der Waals surface area contributed by atoms with Crippen molar-refractivity contribution >= 4 is 34.2 Å². The second kappa shape index (κ2) is 8.41. The molecule has 0 aliphatic heterocycles. The maximum atomic E-state index is 12.3. The summed E-state index contributed by atoms with van der Waals surface area (Å²) < 4.78 is 19.4. The van der Waals surface area contributed by atoms with Gasteiger partial charge in [0.05, 0.1) is 21.3 Å². The van der Waals surface area contributed by atoms with E-state index in [1.807, 2.05) is 0 Å². The number of nitrogens with two attached hydrogens (primary N) is 1. The van der Waals surface area contributed by atoms with E-state index < -0.39 is 24.5 Å². The predicted octanol–water partition coefficient (Wildman–Crippen LogP) is 1.97. The summed E-state index contributed by atoms with van der Waals surface area (Å²) in [6.45, 7) is -0.452. The van der Waals surface area contributed by atoms with Crippen LogP contribution in [0.5, 0.6) is 11.5 Å². The van der Waals surface area contributed by atoms with Gasteiger partial charge in [0, 0.05) is 11.6 Å². The monoisotopic (exact) mass is 395 g/mol. The Morgan fingerprint density at radius 3 is 2.30 bits per heavy atom. The van der Waals surface area contributed by atoms with Crippen LogP contribution in [0.15, 0.2) is 18.2 Å². The van der Waals surface area contributed by atoms with Gasteiger partial charge in [0.2, 0.25) is 0 Å². The maximum Gasteiger partial charge on any atom is 0.348 e. The molecule has 1 aromatic carbocycles. The molecule has 0 spiro atoms. The van der Waals surface area contributed by atoms with Crippen molar-refractivity contribution in [1.29, 1.82) is 0 Å². The quantitative estimate of drug-likeness (QED) is 0.556. The molecule has 0 saturated carbocycles. The van der Waals surface area contributed by atoms with Gasteiger partial charge in [-0.3, -0.25) is 0 Å². The van der Waals surface area contributed by atoms with Crippen molar-refractivity contribution in [1.82, 2.24) is 0 Å². The molecule has 0 radical (unpaired) electrons. The zero-order valence-corrected chi connectivity index (χ0v) is 15.5. The van der Waals surface area contributed by atoms with Gasteiger partial charge >= 0.3 is 17.9 Å². The lowest BCUT2D eigenvalue weighted by molar-refractivity contribution is 0.0449. The fourth-order valence-corrected chi connectivity index (χ4v) is 3.21. The molecule has 0 atom stereocenters. The van der Waals surface area contributed by atoms with Crippen LogP contribution in [0.3, 0.4) is 0 Å². The SMILES string of the molecule is COC(=O)c1sc(N)c(C(=O)OC)c1COC(=O)c1ccc(OC)cc1O. The lowest BCUT2D eigenvalue weighted by Gasteiger charge is -2.09. The highest BCUT2D eigenvalue weighted by Crippen LogP contribution is 2.33. The molecule has 2 aromatic rings. The molecule has 0 aliphatic rings. The van der Waals surface area contributed by atoms with Gasteiger partial charge in [0.1, 0.15) is 39.1 Å². The van der Waals surface area contributed by atoms with E-state index in [0.717, 1.165) is 18.4 Å². The van der Waals surface area contributed by atoms with Gasteiger partial charge in [-0.05, 0) is 12.1 Å². The molecule has 0 unspecified atom stereocenters. The van der Waals surface area contributed by atoms with Gasteiger partial charge in [-0.15, -0.1) is 11.3 Å². The summed E-state index contributed by atoms with van der Waals surface area (Å²) in [5.41, 5.74) is 5.68. The molecule has 144 valence electrons. The van der Waals surface area contributed by atoms with E-state index in [1.165, 1.54) is 32.4 Å². The van der Waals surface area contributed by atoms with Crippen molar-refractivity contribution in [3.05, 3.63) is 39.8 Å². The van der Waals surface area contributed by atoms with Gasteiger partial charge < -0.3 is 29.8 Å². The topological polar surface area (TPSA) is 134 Å². The normalized spacial score (nSPS) is 10.2. The van der Waals surface area contributed by atoms with Crippen LogP contribution in [0.2, 0.25) is 0 Å². The number of phenols is 1. The summed E-state index contributed by atoms with van der Waals surface area (Å²) in [4.78, 5) is 36.2. The third kappa shape index (κ3) is 4.11. The van der Waals surface area contributed by atoms with Crippen LogP contribution in [0.4, 0.5) is 5.00 Å². The van der Waals surface area contributed by atoms with E-state index >= 15 is 0 Å². The van der Waals surface area contributed by atoms with Gasteiger partial charge in [0.25, 0.3) is 0 Å². The zero-order valence-electron chi connectivity index (χ0n) is 14.7. The van der Waals surface area contributed by atoms with Crippen LogP contribution in [0.1, 0.15) is 36.0 Å². The number of rotatable bonds is 6. The minimum Gasteiger partial charge on any atom is -0.507 e. The summed E-state index contributed by atoms with van der Waals surface area (Å²) >= 11 is 0.818. The Hall–Kier alpha value is -3.27. The number of aromatic hydroxyl groups is 1. The van der Waals surface area contributed by atoms with Crippen molar-refractivity contribution < 1.29 is 38.4 Å². The number of thiophene rings is 1. The molecule has 3 N–H and O–H groups in total. The molecule has 0 saturated heterocycles. The van der Waals surface area contributed by atoms with E-state index in [1.54, 1.807) is 0 Å². The van der Waals surface area contributed by atoms with Crippen LogP contribution in [0, 0.1) is 0 Å². The van der Waals surface area contributed by atoms with Gasteiger partial charge in [0.15, 0.2) is 0 Å². The predicted molar refractivity (Wildman–Crippen MR) is 95.2 cm³/mol. The number of ether oxygens (including phenoxy) is 4. The molecule has 0 fully saturated rings. The maximum absolute atomic E-state index is 12.3. The Bertz CT molecular complexity index is 889. The molecule has 0 amide bonds. The number of methoxy groups -OCH3 is 3. The van der Waals surface area contributed by atoms with Crippen LogP contribution in [-0.2, 0) is 20.8 Å². The van der Waals surface area contributed by atoms with Crippen molar-refractivity contribution in [3.8, 4) is 11.5 Å².